The fourth-order valence-corrected chi connectivity index (χ4v) is 2.77. The Morgan fingerprint density at radius 2 is 1.94 bits per heavy atom. The summed E-state index contributed by atoms with van der Waals surface area (Å²) in [5.41, 5.74) is 1.55. The van der Waals surface area contributed by atoms with Crippen molar-refractivity contribution in [2.75, 3.05) is 32.1 Å². The maximum absolute atomic E-state index is 11.2. The zero-order valence-corrected chi connectivity index (χ0v) is 11.7. The lowest BCUT2D eigenvalue weighted by atomic mass is 10.0. The van der Waals surface area contributed by atoms with Crippen LogP contribution in [0.5, 0.6) is 0 Å². The molecule has 18 heavy (non-hydrogen) atoms. The summed E-state index contributed by atoms with van der Waals surface area (Å²) in [5.74, 6) is 0.972. The number of nitrogens with zero attached hydrogens (tertiary/aromatic N) is 4. The summed E-state index contributed by atoms with van der Waals surface area (Å²) in [5, 5.41) is 4.34. The van der Waals surface area contributed by atoms with Gasteiger partial charge in [-0.2, -0.15) is 5.10 Å². The van der Waals surface area contributed by atoms with Crippen LogP contribution in [0, 0.1) is 6.92 Å². The van der Waals surface area contributed by atoms with Crippen molar-refractivity contribution in [3.8, 4) is 0 Å². The molecule has 0 N–H and O–H groups in total. The van der Waals surface area contributed by atoms with Crippen LogP contribution in [0.2, 0.25) is 0 Å². The first kappa shape index (κ1) is 13.1. The molecule has 1 aliphatic heterocycles. The summed E-state index contributed by atoms with van der Waals surface area (Å²) in [6.07, 6.45) is 3.20. The van der Waals surface area contributed by atoms with E-state index in [-0.39, 0.29) is 0 Å². The average Bonchev–Trinajstić information content (AvgIpc) is 2.63. The van der Waals surface area contributed by atoms with Crippen LogP contribution in [0.1, 0.15) is 28.9 Å². The highest BCUT2D eigenvalue weighted by atomic mass is 16.1. The van der Waals surface area contributed by atoms with Crippen molar-refractivity contribution >= 4 is 12.1 Å². The number of aryl methyl sites for hydroxylation is 2. The molecule has 100 valence electrons. The molecule has 1 aliphatic rings. The van der Waals surface area contributed by atoms with Crippen LogP contribution in [0.15, 0.2) is 0 Å². The van der Waals surface area contributed by atoms with E-state index in [9.17, 15) is 4.79 Å². The van der Waals surface area contributed by atoms with Gasteiger partial charge in [0.25, 0.3) is 0 Å². The third-order valence-electron chi connectivity index (χ3n) is 3.85. The van der Waals surface area contributed by atoms with E-state index in [4.69, 9.17) is 0 Å². The van der Waals surface area contributed by atoms with Crippen molar-refractivity contribution < 1.29 is 4.79 Å². The van der Waals surface area contributed by atoms with Gasteiger partial charge in [-0.25, -0.2) is 0 Å². The Bertz CT molecular complexity index is 430. The van der Waals surface area contributed by atoms with E-state index in [0.717, 1.165) is 49.3 Å². The van der Waals surface area contributed by atoms with Crippen LogP contribution < -0.4 is 4.90 Å². The van der Waals surface area contributed by atoms with Crippen LogP contribution in [-0.2, 0) is 7.05 Å². The summed E-state index contributed by atoms with van der Waals surface area (Å²) in [6.45, 7) is 3.87. The minimum Gasteiger partial charge on any atom is -0.356 e. The lowest BCUT2D eigenvalue weighted by molar-refractivity contribution is 0.112. The molecule has 0 aromatic carbocycles. The molecule has 0 bridgehead atoms. The molecule has 5 nitrogen and oxygen atoms in total. The number of aromatic nitrogens is 2. The van der Waals surface area contributed by atoms with Gasteiger partial charge in [-0.3, -0.25) is 9.48 Å². The van der Waals surface area contributed by atoms with Crippen LogP contribution >= 0.6 is 0 Å². The van der Waals surface area contributed by atoms with Crippen molar-refractivity contribution in [2.24, 2.45) is 7.05 Å². The van der Waals surface area contributed by atoms with Gasteiger partial charge in [0.1, 0.15) is 5.82 Å². The molecule has 0 radical (unpaired) electrons. The minimum atomic E-state index is 0.648. The van der Waals surface area contributed by atoms with Gasteiger partial charge in [0.2, 0.25) is 0 Å². The van der Waals surface area contributed by atoms with Gasteiger partial charge in [-0.05, 0) is 33.9 Å². The Kier molecular flexibility index (Phi) is 3.71. The number of piperidine rings is 1. The Balaban J connectivity index is 2.17. The first-order chi connectivity index (χ1) is 8.54. The summed E-state index contributed by atoms with van der Waals surface area (Å²) in [4.78, 5) is 15.8. The second kappa shape index (κ2) is 5.10. The molecule has 1 saturated heterocycles. The first-order valence-corrected chi connectivity index (χ1v) is 6.44. The Morgan fingerprint density at radius 3 is 2.44 bits per heavy atom. The number of carbonyl (C=O) groups excluding carboxylic acids is 1. The highest BCUT2D eigenvalue weighted by Gasteiger charge is 2.25. The van der Waals surface area contributed by atoms with Gasteiger partial charge in [0, 0.05) is 26.2 Å². The number of aldehydes is 1. The quantitative estimate of drug-likeness (QED) is 0.753. The number of carbonyl (C=O) groups is 1. The third-order valence-corrected chi connectivity index (χ3v) is 3.85. The lowest BCUT2D eigenvalue weighted by Gasteiger charge is -2.36. The van der Waals surface area contributed by atoms with Crippen LogP contribution in [0.3, 0.4) is 0 Å². The Hall–Kier alpha value is -1.36. The van der Waals surface area contributed by atoms with Crippen molar-refractivity contribution in [3.05, 3.63) is 11.3 Å². The smallest absolute Gasteiger partial charge is 0.155 e. The first-order valence-electron chi connectivity index (χ1n) is 6.44. The van der Waals surface area contributed by atoms with Crippen molar-refractivity contribution in [1.29, 1.82) is 0 Å². The monoisotopic (exact) mass is 250 g/mol. The van der Waals surface area contributed by atoms with Crippen molar-refractivity contribution in [1.82, 2.24) is 14.7 Å². The molecule has 0 spiro atoms. The van der Waals surface area contributed by atoms with Crippen molar-refractivity contribution in [3.63, 3.8) is 0 Å². The SMILES string of the molecule is Cc1nn(C)c(N2CCC(N(C)C)CC2)c1C=O. The number of hydrogen-bond donors (Lipinski definition) is 0. The zero-order valence-electron chi connectivity index (χ0n) is 11.7. The van der Waals surface area contributed by atoms with E-state index < -0.39 is 0 Å². The average molecular weight is 250 g/mol. The predicted molar refractivity (Wildman–Crippen MR) is 72.3 cm³/mol. The fourth-order valence-electron chi connectivity index (χ4n) is 2.77. The maximum atomic E-state index is 11.2. The molecular weight excluding hydrogens is 228 g/mol. The Labute approximate surface area is 108 Å². The van der Waals surface area contributed by atoms with Gasteiger partial charge in [-0.1, -0.05) is 0 Å². The molecule has 5 heteroatoms. The highest BCUT2D eigenvalue weighted by Crippen LogP contribution is 2.25. The largest absolute Gasteiger partial charge is 0.356 e. The molecular formula is C13H22N4O. The Morgan fingerprint density at radius 1 is 1.33 bits per heavy atom. The second-order valence-electron chi connectivity index (χ2n) is 5.25. The molecule has 1 aromatic rings. The highest BCUT2D eigenvalue weighted by molar-refractivity contribution is 5.84. The topological polar surface area (TPSA) is 41.4 Å². The lowest BCUT2D eigenvalue weighted by Crippen LogP contribution is -2.42. The van der Waals surface area contributed by atoms with Gasteiger partial charge in [0.15, 0.2) is 6.29 Å². The van der Waals surface area contributed by atoms with Crippen LogP contribution in [0.25, 0.3) is 0 Å². The summed E-state index contributed by atoms with van der Waals surface area (Å²) >= 11 is 0. The summed E-state index contributed by atoms with van der Waals surface area (Å²) in [6, 6.07) is 0.648. The van der Waals surface area contributed by atoms with Gasteiger partial charge >= 0.3 is 0 Å². The zero-order chi connectivity index (χ0) is 13.3. The van der Waals surface area contributed by atoms with E-state index >= 15 is 0 Å². The van der Waals surface area contributed by atoms with Gasteiger partial charge in [0.05, 0.1) is 11.3 Å². The molecule has 0 saturated carbocycles. The molecule has 1 aromatic heterocycles. The molecule has 2 heterocycles. The van der Waals surface area contributed by atoms with E-state index in [2.05, 4.69) is 29.0 Å². The standard InChI is InChI=1S/C13H22N4O/c1-10-12(9-18)13(16(4)14-10)17-7-5-11(6-8-17)15(2)3/h9,11H,5-8H2,1-4H3. The molecule has 0 unspecified atom stereocenters. The molecule has 0 aliphatic carbocycles. The molecule has 2 rings (SSSR count). The van der Waals surface area contributed by atoms with Gasteiger partial charge in [-0.15, -0.1) is 0 Å². The van der Waals surface area contributed by atoms with Crippen LogP contribution in [-0.4, -0.2) is 54.2 Å². The van der Waals surface area contributed by atoms with Gasteiger partial charge < -0.3 is 9.80 Å². The van der Waals surface area contributed by atoms with E-state index in [0.29, 0.717) is 6.04 Å². The number of rotatable bonds is 3. The second-order valence-corrected chi connectivity index (χ2v) is 5.25. The van der Waals surface area contributed by atoms with Crippen LogP contribution in [0.4, 0.5) is 5.82 Å². The fraction of sp³-hybridized carbons (Fsp3) is 0.692. The minimum absolute atomic E-state index is 0.648. The summed E-state index contributed by atoms with van der Waals surface area (Å²) in [7, 11) is 6.17. The summed E-state index contributed by atoms with van der Waals surface area (Å²) < 4.78 is 1.83. The third kappa shape index (κ3) is 2.27. The number of anilines is 1. The van der Waals surface area contributed by atoms with E-state index in [1.807, 2.05) is 18.7 Å². The molecule has 0 amide bonds. The molecule has 1 fully saturated rings. The normalized spacial score (nSPS) is 17.5. The molecule has 0 atom stereocenters. The predicted octanol–water partition coefficient (Wildman–Crippen LogP) is 1.07. The maximum Gasteiger partial charge on any atom is 0.155 e. The van der Waals surface area contributed by atoms with E-state index in [1.165, 1.54) is 0 Å². The van der Waals surface area contributed by atoms with Crippen molar-refractivity contribution in [2.45, 2.75) is 25.8 Å². The van der Waals surface area contributed by atoms with E-state index in [1.54, 1.807) is 0 Å². The number of hydrogen-bond acceptors (Lipinski definition) is 4.